The second-order valence-corrected chi connectivity index (χ2v) is 7.08. The molecule has 1 amide bonds. The van der Waals surface area contributed by atoms with Crippen LogP contribution in [0.5, 0.6) is 0 Å². The first kappa shape index (κ1) is 19.3. The number of benzene rings is 1. The highest BCUT2D eigenvalue weighted by atomic mass is 79.9. The summed E-state index contributed by atoms with van der Waals surface area (Å²) in [6.45, 7) is -0.674. The zero-order valence-corrected chi connectivity index (χ0v) is 15.4. The average Bonchev–Trinajstić information content (AvgIpc) is 2.75. The first-order chi connectivity index (χ1) is 11.1. The highest BCUT2D eigenvalue weighted by molar-refractivity contribution is 9.10. The maximum Gasteiger partial charge on any atom is 0.471 e. The third-order valence-corrected chi connectivity index (χ3v) is 4.71. The van der Waals surface area contributed by atoms with Crippen LogP contribution in [-0.4, -0.2) is 25.5 Å². The number of nitrogens with one attached hydrogen (secondary N) is 1. The van der Waals surface area contributed by atoms with Gasteiger partial charge in [0.1, 0.15) is 11.0 Å². The summed E-state index contributed by atoms with van der Waals surface area (Å²) in [6, 6.07) is 3.39. The Bertz CT molecular complexity index is 843. The first-order valence-corrected chi connectivity index (χ1v) is 9.04. The van der Waals surface area contributed by atoms with Crippen LogP contribution in [0.1, 0.15) is 10.5 Å². The van der Waals surface area contributed by atoms with Crippen molar-refractivity contribution in [2.75, 3.05) is 5.32 Å². The molecule has 0 aliphatic carbocycles. The number of halogens is 4. The van der Waals surface area contributed by atoms with Gasteiger partial charge in [0.25, 0.3) is 5.91 Å². The molecule has 1 aromatic carbocycles. The number of aromatic nitrogens is 2. The molecule has 8 nitrogen and oxygen atoms in total. The zero-order valence-electron chi connectivity index (χ0n) is 11.4. The average molecular weight is 463 g/mol. The highest BCUT2D eigenvalue weighted by Crippen LogP contribution is 2.37. The van der Waals surface area contributed by atoms with Crippen LogP contribution in [-0.2, 0) is 15.8 Å². The van der Waals surface area contributed by atoms with E-state index in [0.717, 1.165) is 16.8 Å². The molecule has 1 aromatic heterocycles. The van der Waals surface area contributed by atoms with Gasteiger partial charge in [-0.2, -0.15) is 5.10 Å². The number of anilines is 1. The third kappa shape index (κ3) is 4.76. The lowest BCUT2D eigenvalue weighted by Crippen LogP contribution is -2.14. The Kier molecular flexibility index (Phi) is 6.03. The van der Waals surface area contributed by atoms with E-state index in [1.54, 1.807) is 0 Å². The zero-order chi connectivity index (χ0) is 18.1. The second kappa shape index (κ2) is 7.49. The van der Waals surface area contributed by atoms with Crippen molar-refractivity contribution in [3.05, 3.63) is 44.4 Å². The van der Waals surface area contributed by atoms with E-state index in [4.69, 9.17) is 33.0 Å². The van der Waals surface area contributed by atoms with Crippen LogP contribution in [0.4, 0.5) is 10.1 Å². The number of rotatable bonds is 5. The van der Waals surface area contributed by atoms with E-state index < -0.39 is 26.3 Å². The predicted molar refractivity (Wildman–Crippen MR) is 87.4 cm³/mol. The Morgan fingerprint density at radius 3 is 2.71 bits per heavy atom. The molecule has 0 unspecified atom stereocenters. The van der Waals surface area contributed by atoms with Crippen LogP contribution in [0.25, 0.3) is 0 Å². The summed E-state index contributed by atoms with van der Waals surface area (Å²) >= 11 is 14.8. The molecule has 0 radical (unpaired) electrons. The van der Waals surface area contributed by atoms with Gasteiger partial charge in [0.05, 0.1) is 15.2 Å². The fourth-order valence-electron chi connectivity index (χ4n) is 1.55. The first-order valence-electron chi connectivity index (χ1n) is 5.97. The van der Waals surface area contributed by atoms with Crippen LogP contribution in [0, 0.1) is 5.82 Å². The number of hydrogen-bond donors (Lipinski definition) is 3. The second-order valence-electron chi connectivity index (χ2n) is 4.28. The van der Waals surface area contributed by atoms with Crippen molar-refractivity contribution >= 4 is 58.5 Å². The van der Waals surface area contributed by atoms with E-state index in [9.17, 15) is 13.8 Å². The molecule has 0 fully saturated rings. The lowest BCUT2D eigenvalue weighted by Gasteiger charge is -2.06. The number of amides is 1. The molecule has 130 valence electrons. The number of phosphoric acid groups is 1. The summed E-state index contributed by atoms with van der Waals surface area (Å²) in [7, 11) is -4.73. The molecule has 2 aromatic rings. The van der Waals surface area contributed by atoms with E-state index in [1.807, 2.05) is 0 Å². The summed E-state index contributed by atoms with van der Waals surface area (Å²) in [5.41, 5.74) is -0.0400. The number of hydrogen-bond acceptors (Lipinski definition) is 4. The van der Waals surface area contributed by atoms with Crippen molar-refractivity contribution in [2.45, 2.75) is 6.73 Å². The monoisotopic (exact) mass is 461 g/mol. The molecule has 0 saturated heterocycles. The van der Waals surface area contributed by atoms with E-state index in [0.29, 0.717) is 0 Å². The molecule has 0 bridgehead atoms. The van der Waals surface area contributed by atoms with Crippen molar-refractivity contribution in [1.82, 2.24) is 9.78 Å². The summed E-state index contributed by atoms with van der Waals surface area (Å²) in [5, 5.41) is 6.08. The molecule has 13 heteroatoms. The summed E-state index contributed by atoms with van der Waals surface area (Å²) in [6.07, 6.45) is 0. The Morgan fingerprint density at radius 2 is 2.12 bits per heavy atom. The minimum Gasteiger partial charge on any atom is -0.319 e. The SMILES string of the molecule is O=C(Nc1ccc(F)cc1Cl)c1nn(COP(=O)(O)O)c(Cl)c1Br. The molecule has 0 aliphatic rings. The Hall–Kier alpha value is -1.000. The van der Waals surface area contributed by atoms with Gasteiger partial charge in [-0.3, -0.25) is 9.32 Å². The number of nitrogens with zero attached hydrogens (tertiary/aromatic N) is 2. The van der Waals surface area contributed by atoms with Crippen molar-refractivity contribution in [1.29, 1.82) is 0 Å². The third-order valence-electron chi connectivity index (χ3n) is 2.58. The molecule has 0 saturated carbocycles. The Morgan fingerprint density at radius 1 is 1.46 bits per heavy atom. The van der Waals surface area contributed by atoms with Crippen LogP contribution >= 0.6 is 47.0 Å². The van der Waals surface area contributed by atoms with E-state index >= 15 is 0 Å². The van der Waals surface area contributed by atoms with Crippen LogP contribution < -0.4 is 5.32 Å². The molecule has 1 heterocycles. The lowest BCUT2D eigenvalue weighted by molar-refractivity contribution is 0.101. The molecule has 0 spiro atoms. The van der Waals surface area contributed by atoms with Gasteiger partial charge in [-0.1, -0.05) is 23.2 Å². The fraction of sp³-hybridized carbons (Fsp3) is 0.0909. The lowest BCUT2D eigenvalue weighted by atomic mass is 10.3. The number of carbonyl (C=O) groups excluding carboxylic acids is 1. The summed E-state index contributed by atoms with van der Waals surface area (Å²) in [4.78, 5) is 29.6. The van der Waals surface area contributed by atoms with Crippen LogP contribution in [0.3, 0.4) is 0 Å². The predicted octanol–water partition coefficient (Wildman–Crippen LogP) is 3.41. The maximum atomic E-state index is 13.0. The number of phosphoric ester groups is 1. The molecular formula is C11H8BrCl2FN3O5P. The van der Waals surface area contributed by atoms with Gasteiger partial charge >= 0.3 is 7.82 Å². The summed E-state index contributed by atoms with van der Waals surface area (Å²) in [5.74, 6) is -1.30. The van der Waals surface area contributed by atoms with Gasteiger partial charge in [-0.05, 0) is 34.1 Å². The van der Waals surface area contributed by atoms with Gasteiger partial charge < -0.3 is 15.1 Å². The van der Waals surface area contributed by atoms with Gasteiger partial charge in [0.2, 0.25) is 0 Å². The van der Waals surface area contributed by atoms with E-state index in [-0.39, 0.29) is 26.0 Å². The minimum absolute atomic E-state index is 0.0187. The highest BCUT2D eigenvalue weighted by Gasteiger charge is 2.23. The Labute approximate surface area is 152 Å². The van der Waals surface area contributed by atoms with Crippen molar-refractivity contribution in [2.24, 2.45) is 0 Å². The van der Waals surface area contributed by atoms with Gasteiger partial charge in [-0.15, -0.1) is 0 Å². The largest absolute Gasteiger partial charge is 0.471 e. The normalized spacial score (nSPS) is 11.6. The fourth-order valence-corrected chi connectivity index (χ4v) is 2.67. The van der Waals surface area contributed by atoms with E-state index in [1.165, 1.54) is 6.07 Å². The molecule has 24 heavy (non-hydrogen) atoms. The molecular weight excluding hydrogens is 455 g/mol. The molecule has 0 atom stereocenters. The topological polar surface area (TPSA) is 114 Å². The maximum absolute atomic E-state index is 13.0. The van der Waals surface area contributed by atoms with Crippen molar-refractivity contribution in [3.8, 4) is 0 Å². The van der Waals surface area contributed by atoms with Crippen LogP contribution in [0.15, 0.2) is 22.7 Å². The van der Waals surface area contributed by atoms with Gasteiger partial charge in [-0.25, -0.2) is 13.6 Å². The standard InChI is InChI=1S/C11H8BrCl2FN3O5P/c12-8-9(17-18(10(8)14)4-23-24(20,21)22)11(19)16-7-2-1-5(15)3-6(7)13/h1-3H,4H2,(H,16,19)(H2,20,21,22). The van der Waals surface area contributed by atoms with Crippen molar-refractivity contribution in [3.63, 3.8) is 0 Å². The number of carbonyl (C=O) groups is 1. The van der Waals surface area contributed by atoms with Gasteiger partial charge in [0.15, 0.2) is 12.4 Å². The minimum atomic E-state index is -4.73. The Balaban J connectivity index is 2.22. The molecule has 3 N–H and O–H groups in total. The molecule has 0 aliphatic heterocycles. The smallest absolute Gasteiger partial charge is 0.319 e. The quantitative estimate of drug-likeness (QED) is 0.587. The van der Waals surface area contributed by atoms with Crippen molar-refractivity contribution < 1.29 is 28.1 Å². The van der Waals surface area contributed by atoms with Gasteiger partial charge in [0, 0.05) is 0 Å². The summed E-state index contributed by atoms with van der Waals surface area (Å²) < 4.78 is 28.9. The molecule has 2 rings (SSSR count). The van der Waals surface area contributed by atoms with Crippen LogP contribution in [0.2, 0.25) is 10.2 Å². The van der Waals surface area contributed by atoms with E-state index in [2.05, 4.69) is 30.9 Å².